The molecule has 0 radical (unpaired) electrons. The third-order valence-electron chi connectivity index (χ3n) is 6.43. The number of nitrogens with one attached hydrogen (secondary N) is 7. The van der Waals surface area contributed by atoms with E-state index in [0.29, 0.717) is 34.9 Å². The summed E-state index contributed by atoms with van der Waals surface area (Å²) in [5, 5.41) is 20.3. The van der Waals surface area contributed by atoms with Gasteiger partial charge in [-0.2, -0.15) is 0 Å². The third-order valence-corrected chi connectivity index (χ3v) is 6.43. The molecule has 216 valence electrons. The van der Waals surface area contributed by atoms with Crippen LogP contribution >= 0.6 is 0 Å². The highest BCUT2D eigenvalue weighted by molar-refractivity contribution is 6.06. The molecular formula is C30H33N9O3. The van der Waals surface area contributed by atoms with Crippen LogP contribution in [0, 0.1) is 0 Å². The molecule has 0 saturated heterocycles. The van der Waals surface area contributed by atoms with Gasteiger partial charge in [0.25, 0.3) is 5.91 Å². The molecule has 3 aromatic carbocycles. The van der Waals surface area contributed by atoms with Gasteiger partial charge < -0.3 is 37.2 Å². The Bertz CT molecular complexity index is 1410. The number of amidine groups is 2. The predicted octanol–water partition coefficient (Wildman–Crippen LogP) is 3.81. The number of amides is 5. The second-order valence-electron chi connectivity index (χ2n) is 9.68. The van der Waals surface area contributed by atoms with Crippen LogP contribution in [0.3, 0.4) is 0 Å². The van der Waals surface area contributed by atoms with Crippen molar-refractivity contribution < 1.29 is 14.4 Å². The molecule has 0 saturated carbocycles. The highest BCUT2D eigenvalue weighted by Gasteiger charge is 2.14. The number of hydrogen-bond donors (Lipinski definition) is 7. The largest absolute Gasteiger partial charge is 0.368 e. The maximum atomic E-state index is 12.8. The van der Waals surface area contributed by atoms with Gasteiger partial charge in [0.15, 0.2) is 0 Å². The molecule has 0 aromatic heterocycles. The monoisotopic (exact) mass is 567 g/mol. The second kappa shape index (κ2) is 13.3. The molecule has 0 atom stereocenters. The van der Waals surface area contributed by atoms with Crippen LogP contribution in [0.5, 0.6) is 0 Å². The molecule has 42 heavy (non-hydrogen) atoms. The molecule has 3 aromatic rings. The summed E-state index contributed by atoms with van der Waals surface area (Å²) in [7, 11) is 0. The SMILES string of the molecule is CCCNC(=O)c1cc(NC(=O)Nc2ccc(C3=NCCN3)cc2)cc(NC(=O)Nc2ccc(C3=NCCN3)cc2)c1. The lowest BCUT2D eigenvalue weighted by molar-refractivity contribution is 0.0953. The molecule has 0 unspecified atom stereocenters. The second-order valence-corrected chi connectivity index (χ2v) is 9.68. The van der Waals surface area contributed by atoms with Crippen LogP contribution in [0.25, 0.3) is 0 Å². The van der Waals surface area contributed by atoms with E-state index >= 15 is 0 Å². The van der Waals surface area contributed by atoms with Crippen LogP contribution in [-0.4, -0.2) is 62.4 Å². The zero-order valence-electron chi connectivity index (χ0n) is 23.2. The molecule has 5 amide bonds. The average Bonchev–Trinajstić information content (AvgIpc) is 3.72. The normalized spacial score (nSPS) is 13.6. The lowest BCUT2D eigenvalue weighted by Crippen LogP contribution is -2.25. The van der Waals surface area contributed by atoms with Gasteiger partial charge >= 0.3 is 12.1 Å². The van der Waals surface area contributed by atoms with Gasteiger partial charge in [0.2, 0.25) is 0 Å². The fourth-order valence-electron chi connectivity index (χ4n) is 4.44. The first kappa shape index (κ1) is 28.1. The van der Waals surface area contributed by atoms with Crippen molar-refractivity contribution in [2.24, 2.45) is 9.98 Å². The number of hydrogen-bond acceptors (Lipinski definition) is 7. The van der Waals surface area contributed by atoms with Crippen molar-refractivity contribution in [3.8, 4) is 0 Å². The van der Waals surface area contributed by atoms with E-state index in [1.165, 1.54) is 0 Å². The Balaban J connectivity index is 1.25. The minimum Gasteiger partial charge on any atom is -0.368 e. The number of aliphatic imine (C=N–C) groups is 2. The van der Waals surface area contributed by atoms with Gasteiger partial charge in [0.05, 0.1) is 13.1 Å². The average molecular weight is 568 g/mol. The van der Waals surface area contributed by atoms with E-state index in [1.807, 2.05) is 31.2 Å². The quantitative estimate of drug-likeness (QED) is 0.209. The molecule has 0 bridgehead atoms. The highest BCUT2D eigenvalue weighted by atomic mass is 16.2. The van der Waals surface area contributed by atoms with Gasteiger partial charge in [-0.15, -0.1) is 0 Å². The summed E-state index contributed by atoms with van der Waals surface area (Å²) < 4.78 is 0. The molecule has 5 rings (SSSR count). The van der Waals surface area contributed by atoms with Crippen LogP contribution in [0.1, 0.15) is 34.8 Å². The molecule has 0 aliphatic carbocycles. The van der Waals surface area contributed by atoms with E-state index in [4.69, 9.17) is 0 Å². The molecule has 0 fully saturated rings. The molecule has 2 aliphatic rings. The van der Waals surface area contributed by atoms with Crippen LogP contribution in [0.4, 0.5) is 32.3 Å². The Morgan fingerprint density at radius 1 is 0.667 bits per heavy atom. The lowest BCUT2D eigenvalue weighted by atomic mass is 10.1. The first-order valence-electron chi connectivity index (χ1n) is 13.8. The Labute approximate surface area is 243 Å². The van der Waals surface area contributed by atoms with E-state index in [2.05, 4.69) is 47.2 Å². The minimum atomic E-state index is -0.498. The first-order chi connectivity index (χ1) is 20.5. The summed E-state index contributed by atoms with van der Waals surface area (Å²) in [6.45, 7) is 5.56. The van der Waals surface area contributed by atoms with Gasteiger partial charge in [-0.25, -0.2) is 9.59 Å². The Hall–Kier alpha value is -5.39. The molecule has 12 nitrogen and oxygen atoms in total. The zero-order valence-corrected chi connectivity index (χ0v) is 23.2. The maximum absolute atomic E-state index is 12.8. The molecular weight excluding hydrogens is 534 g/mol. The van der Waals surface area contributed by atoms with Crippen molar-refractivity contribution >= 4 is 52.4 Å². The van der Waals surface area contributed by atoms with Crippen LogP contribution in [0.15, 0.2) is 76.7 Å². The summed E-state index contributed by atoms with van der Waals surface area (Å²) in [5.41, 5.74) is 4.02. The van der Waals surface area contributed by atoms with E-state index < -0.39 is 12.1 Å². The highest BCUT2D eigenvalue weighted by Crippen LogP contribution is 2.21. The minimum absolute atomic E-state index is 0.292. The van der Waals surface area contributed by atoms with Gasteiger partial charge in [-0.05, 0) is 73.2 Å². The number of carbonyl (C=O) groups excluding carboxylic acids is 3. The van der Waals surface area contributed by atoms with Crippen molar-refractivity contribution in [1.82, 2.24) is 16.0 Å². The van der Waals surface area contributed by atoms with Crippen molar-refractivity contribution in [2.75, 3.05) is 54.0 Å². The Morgan fingerprint density at radius 2 is 1.12 bits per heavy atom. The van der Waals surface area contributed by atoms with Gasteiger partial charge in [-0.1, -0.05) is 6.92 Å². The summed E-state index contributed by atoms with van der Waals surface area (Å²) in [4.78, 5) is 47.1. The van der Waals surface area contributed by atoms with E-state index in [1.54, 1.807) is 42.5 Å². The number of rotatable bonds is 9. The molecule has 12 heteroatoms. The Morgan fingerprint density at radius 3 is 1.52 bits per heavy atom. The number of nitrogens with zero attached hydrogens (tertiary/aromatic N) is 2. The standard InChI is InChI=1S/C30H33N9O3/c1-2-11-35-28(40)21-16-24(38-29(41)36-22-7-3-19(4-8-22)26-31-12-13-32-26)18-25(17-21)39-30(42)37-23-9-5-20(6-10-23)27-33-14-15-34-27/h3-10,16-18H,2,11-15H2,1H3,(H,31,32)(H,33,34)(H,35,40)(H2,36,38,41)(H2,37,39,42). The fraction of sp³-hybridized carbons (Fsp3) is 0.233. The van der Waals surface area contributed by atoms with Crippen LogP contribution < -0.4 is 37.2 Å². The topological polar surface area (TPSA) is 160 Å². The van der Waals surface area contributed by atoms with E-state index in [9.17, 15) is 14.4 Å². The number of carbonyl (C=O) groups is 3. The van der Waals surface area contributed by atoms with Crippen LogP contribution in [-0.2, 0) is 0 Å². The van der Waals surface area contributed by atoms with Crippen LogP contribution in [0.2, 0.25) is 0 Å². The van der Waals surface area contributed by atoms with E-state index in [-0.39, 0.29) is 5.91 Å². The molecule has 2 aliphatic heterocycles. The number of urea groups is 2. The first-order valence-corrected chi connectivity index (χ1v) is 13.8. The van der Waals surface area contributed by atoms with Gasteiger partial charge in [0.1, 0.15) is 11.7 Å². The van der Waals surface area contributed by atoms with Gasteiger partial charge in [-0.3, -0.25) is 14.8 Å². The number of anilines is 4. The van der Waals surface area contributed by atoms with Crippen molar-refractivity contribution in [3.05, 3.63) is 83.4 Å². The summed E-state index contributed by atoms with van der Waals surface area (Å²) in [5.74, 6) is 1.35. The smallest absolute Gasteiger partial charge is 0.323 e. The summed E-state index contributed by atoms with van der Waals surface area (Å²) in [6, 6.07) is 18.3. The van der Waals surface area contributed by atoms with Crippen molar-refractivity contribution in [2.45, 2.75) is 13.3 Å². The summed E-state index contributed by atoms with van der Waals surface area (Å²) >= 11 is 0. The third kappa shape index (κ3) is 7.42. The lowest BCUT2D eigenvalue weighted by Gasteiger charge is -2.14. The van der Waals surface area contributed by atoms with Crippen molar-refractivity contribution in [3.63, 3.8) is 0 Å². The molecule has 0 spiro atoms. The molecule has 2 heterocycles. The fourth-order valence-corrected chi connectivity index (χ4v) is 4.44. The molecule has 7 N–H and O–H groups in total. The zero-order chi connectivity index (χ0) is 29.3. The summed E-state index contributed by atoms with van der Waals surface area (Å²) in [6.07, 6.45) is 0.768. The van der Waals surface area contributed by atoms with Gasteiger partial charge in [0, 0.05) is 59.1 Å². The maximum Gasteiger partial charge on any atom is 0.323 e. The van der Waals surface area contributed by atoms with Crippen molar-refractivity contribution in [1.29, 1.82) is 0 Å². The van der Waals surface area contributed by atoms with E-state index in [0.717, 1.165) is 55.4 Å². The Kier molecular flexibility index (Phi) is 8.92. The predicted molar refractivity (Wildman–Crippen MR) is 166 cm³/mol. The number of benzene rings is 3.